The third-order valence-corrected chi connectivity index (χ3v) is 2.44. The highest BCUT2D eigenvalue weighted by atomic mass is 19.1. The largest absolute Gasteiger partial charge is 0.396 e. The molecule has 0 aliphatic carbocycles. The number of nitrogen functional groups attached to an aromatic ring is 1. The minimum atomic E-state index is -0.350. The van der Waals surface area contributed by atoms with E-state index < -0.39 is 0 Å². The van der Waals surface area contributed by atoms with E-state index in [9.17, 15) is 9.18 Å². The average Bonchev–Trinajstić information content (AvgIpc) is 2.67. The number of hydrogen-bond donors (Lipinski definition) is 2. The van der Waals surface area contributed by atoms with Gasteiger partial charge >= 0.3 is 0 Å². The summed E-state index contributed by atoms with van der Waals surface area (Å²) in [6.45, 7) is 0.301. The first-order valence-corrected chi connectivity index (χ1v) is 5.38. The van der Waals surface area contributed by atoms with Crippen LogP contribution in [0.25, 0.3) is 0 Å². The van der Waals surface area contributed by atoms with E-state index in [4.69, 9.17) is 5.73 Å². The minimum Gasteiger partial charge on any atom is -0.396 e. The van der Waals surface area contributed by atoms with Gasteiger partial charge in [-0.15, -0.1) is 0 Å². The number of halogens is 1. The zero-order valence-electron chi connectivity index (χ0n) is 9.85. The number of nitrogens with two attached hydrogens (primary N) is 1. The number of rotatable bonds is 3. The van der Waals surface area contributed by atoms with E-state index in [2.05, 4.69) is 10.4 Å². The van der Waals surface area contributed by atoms with Gasteiger partial charge in [-0.2, -0.15) is 5.10 Å². The normalized spacial score (nSPS) is 10.3. The molecule has 18 heavy (non-hydrogen) atoms. The number of aryl methyl sites for hydroxylation is 1. The number of amides is 1. The summed E-state index contributed by atoms with van der Waals surface area (Å²) in [5.41, 5.74) is 6.96. The van der Waals surface area contributed by atoms with Crippen LogP contribution in [0.5, 0.6) is 0 Å². The van der Waals surface area contributed by atoms with Gasteiger partial charge in [0.1, 0.15) is 5.82 Å². The molecule has 0 aliphatic heterocycles. The lowest BCUT2D eigenvalue weighted by molar-refractivity contribution is 0.0946. The van der Waals surface area contributed by atoms with Gasteiger partial charge in [0.2, 0.25) is 0 Å². The number of carbonyl (C=O) groups excluding carboxylic acids is 1. The average molecular weight is 248 g/mol. The van der Waals surface area contributed by atoms with Crippen LogP contribution in [0.2, 0.25) is 0 Å². The van der Waals surface area contributed by atoms with Crippen LogP contribution in [-0.4, -0.2) is 15.7 Å². The first-order chi connectivity index (χ1) is 8.56. The van der Waals surface area contributed by atoms with Crippen molar-refractivity contribution in [2.75, 3.05) is 5.73 Å². The van der Waals surface area contributed by atoms with Crippen molar-refractivity contribution in [1.29, 1.82) is 0 Å². The van der Waals surface area contributed by atoms with Crippen molar-refractivity contribution in [3.05, 3.63) is 47.5 Å². The van der Waals surface area contributed by atoms with E-state index in [0.717, 1.165) is 5.56 Å². The van der Waals surface area contributed by atoms with Gasteiger partial charge < -0.3 is 11.1 Å². The Kier molecular flexibility index (Phi) is 3.27. The Bertz CT molecular complexity index is 562. The van der Waals surface area contributed by atoms with Crippen LogP contribution in [-0.2, 0) is 13.6 Å². The molecule has 0 saturated carbocycles. The van der Waals surface area contributed by atoms with Crippen molar-refractivity contribution in [2.24, 2.45) is 7.05 Å². The molecule has 0 radical (unpaired) electrons. The fourth-order valence-electron chi connectivity index (χ4n) is 1.55. The maximum absolute atomic E-state index is 12.7. The Morgan fingerprint density at radius 3 is 2.67 bits per heavy atom. The van der Waals surface area contributed by atoms with Gasteiger partial charge in [0, 0.05) is 19.8 Å². The number of nitrogens with zero attached hydrogens (tertiary/aromatic N) is 2. The third-order valence-electron chi connectivity index (χ3n) is 2.44. The molecule has 1 amide bonds. The van der Waals surface area contributed by atoms with Crippen LogP contribution in [0.3, 0.4) is 0 Å². The molecule has 0 spiro atoms. The monoisotopic (exact) mass is 248 g/mol. The maximum Gasteiger partial charge on any atom is 0.274 e. The Balaban J connectivity index is 2.00. The molecule has 0 saturated heterocycles. The van der Waals surface area contributed by atoms with Gasteiger partial charge in [-0.05, 0) is 17.7 Å². The second-order valence-electron chi connectivity index (χ2n) is 3.92. The van der Waals surface area contributed by atoms with Crippen LogP contribution in [0, 0.1) is 5.82 Å². The molecule has 3 N–H and O–H groups in total. The summed E-state index contributed by atoms with van der Waals surface area (Å²) in [7, 11) is 1.69. The summed E-state index contributed by atoms with van der Waals surface area (Å²) >= 11 is 0. The van der Waals surface area contributed by atoms with E-state index in [1.54, 1.807) is 25.4 Å². The van der Waals surface area contributed by atoms with E-state index in [1.165, 1.54) is 16.8 Å². The fraction of sp³-hybridized carbons (Fsp3) is 0.167. The van der Waals surface area contributed by atoms with Crippen molar-refractivity contribution in [1.82, 2.24) is 15.1 Å². The van der Waals surface area contributed by atoms with Crippen LogP contribution in [0.4, 0.5) is 10.1 Å². The summed E-state index contributed by atoms with van der Waals surface area (Å²) < 4.78 is 14.2. The SMILES string of the molecule is Cn1cc(N)c(C(=O)NCc2ccc(F)cc2)n1. The second-order valence-corrected chi connectivity index (χ2v) is 3.92. The van der Waals surface area contributed by atoms with Gasteiger partial charge in [0.25, 0.3) is 5.91 Å². The molecule has 94 valence electrons. The Morgan fingerprint density at radius 2 is 2.11 bits per heavy atom. The van der Waals surface area contributed by atoms with E-state index >= 15 is 0 Å². The highest BCUT2D eigenvalue weighted by Crippen LogP contribution is 2.08. The molecular weight excluding hydrogens is 235 g/mol. The first-order valence-electron chi connectivity index (χ1n) is 5.38. The molecule has 6 heteroatoms. The summed E-state index contributed by atoms with van der Waals surface area (Å²) in [4.78, 5) is 11.8. The summed E-state index contributed by atoms with van der Waals surface area (Å²) in [6, 6.07) is 5.90. The lowest BCUT2D eigenvalue weighted by Gasteiger charge is -2.03. The van der Waals surface area contributed by atoms with Gasteiger partial charge in [-0.1, -0.05) is 12.1 Å². The molecule has 0 fully saturated rings. The molecule has 2 rings (SSSR count). The Morgan fingerprint density at radius 1 is 1.44 bits per heavy atom. The lowest BCUT2D eigenvalue weighted by atomic mass is 10.2. The molecule has 2 aromatic rings. The predicted molar refractivity (Wildman–Crippen MR) is 65.2 cm³/mol. The fourth-order valence-corrected chi connectivity index (χ4v) is 1.55. The lowest BCUT2D eigenvalue weighted by Crippen LogP contribution is -2.24. The number of aromatic nitrogens is 2. The second kappa shape index (κ2) is 4.87. The number of anilines is 1. The molecule has 0 bridgehead atoms. The molecule has 0 aliphatic rings. The zero-order chi connectivity index (χ0) is 13.1. The van der Waals surface area contributed by atoms with Crippen LogP contribution >= 0.6 is 0 Å². The van der Waals surface area contributed by atoms with Crippen molar-refractivity contribution < 1.29 is 9.18 Å². The van der Waals surface area contributed by atoms with Gasteiger partial charge in [0.05, 0.1) is 5.69 Å². The number of carbonyl (C=O) groups is 1. The summed E-state index contributed by atoms with van der Waals surface area (Å²) in [6.07, 6.45) is 1.56. The van der Waals surface area contributed by atoms with Crippen LogP contribution in [0.15, 0.2) is 30.5 Å². The molecule has 1 aromatic carbocycles. The van der Waals surface area contributed by atoms with Crippen molar-refractivity contribution in [3.63, 3.8) is 0 Å². The molecular formula is C12H13FN4O. The van der Waals surface area contributed by atoms with E-state index in [0.29, 0.717) is 12.2 Å². The van der Waals surface area contributed by atoms with Crippen molar-refractivity contribution in [3.8, 4) is 0 Å². The highest BCUT2D eigenvalue weighted by Gasteiger charge is 2.13. The predicted octanol–water partition coefficient (Wildman–Crippen LogP) is 1.07. The van der Waals surface area contributed by atoms with Crippen LogP contribution < -0.4 is 11.1 Å². The van der Waals surface area contributed by atoms with Crippen molar-refractivity contribution in [2.45, 2.75) is 6.54 Å². The number of benzene rings is 1. The van der Waals surface area contributed by atoms with Crippen LogP contribution in [0.1, 0.15) is 16.1 Å². The van der Waals surface area contributed by atoms with E-state index in [-0.39, 0.29) is 17.4 Å². The Hall–Kier alpha value is -2.37. The topological polar surface area (TPSA) is 72.9 Å². The molecule has 0 unspecified atom stereocenters. The molecule has 0 atom stereocenters. The first kappa shape index (κ1) is 12.1. The maximum atomic E-state index is 12.7. The zero-order valence-corrected chi connectivity index (χ0v) is 9.85. The van der Waals surface area contributed by atoms with Crippen molar-refractivity contribution >= 4 is 11.6 Å². The molecule has 5 nitrogen and oxygen atoms in total. The Labute approximate surface area is 103 Å². The van der Waals surface area contributed by atoms with Gasteiger partial charge in [-0.3, -0.25) is 9.48 Å². The number of nitrogens with one attached hydrogen (secondary N) is 1. The highest BCUT2D eigenvalue weighted by molar-refractivity contribution is 5.96. The van der Waals surface area contributed by atoms with E-state index in [1.807, 2.05) is 0 Å². The summed E-state index contributed by atoms with van der Waals surface area (Å²) in [5, 5.41) is 6.63. The third kappa shape index (κ3) is 2.65. The molecule has 1 aromatic heterocycles. The van der Waals surface area contributed by atoms with Gasteiger partial charge in [0.15, 0.2) is 5.69 Å². The minimum absolute atomic E-state index is 0.194. The standard InChI is InChI=1S/C12H13FN4O/c1-17-7-10(14)11(16-17)12(18)15-6-8-2-4-9(13)5-3-8/h2-5,7H,6,14H2,1H3,(H,15,18). The quantitative estimate of drug-likeness (QED) is 0.853. The molecule has 1 heterocycles. The summed E-state index contributed by atoms with van der Waals surface area (Å²) in [5.74, 6) is -0.656. The number of hydrogen-bond acceptors (Lipinski definition) is 3. The van der Waals surface area contributed by atoms with Gasteiger partial charge in [-0.25, -0.2) is 4.39 Å². The smallest absolute Gasteiger partial charge is 0.274 e.